The minimum absolute atomic E-state index is 0.0304. The molecule has 0 aliphatic carbocycles. The van der Waals surface area contributed by atoms with Crippen molar-refractivity contribution in [3.8, 4) is 0 Å². The van der Waals surface area contributed by atoms with Crippen molar-refractivity contribution in [1.82, 2.24) is 0 Å². The fourth-order valence-corrected chi connectivity index (χ4v) is 4.20. The second-order valence-electron chi connectivity index (χ2n) is 4.66. The number of sulfonamides is 1. The topological polar surface area (TPSA) is 120 Å². The fourth-order valence-electron chi connectivity index (χ4n) is 1.93. The summed E-state index contributed by atoms with van der Waals surface area (Å²) in [5.74, 6) is 0. The molecule has 0 saturated heterocycles. The molecule has 0 aliphatic rings. The number of sulfone groups is 1. The fraction of sp³-hybridized carbons (Fsp3) is 0.0769. The van der Waals surface area contributed by atoms with Crippen molar-refractivity contribution < 1.29 is 16.8 Å². The molecule has 9 heteroatoms. The van der Waals surface area contributed by atoms with E-state index < -0.39 is 19.9 Å². The molecular formula is C13H13ClN2O4S2. The summed E-state index contributed by atoms with van der Waals surface area (Å²) < 4.78 is 47.8. The maximum absolute atomic E-state index is 12.5. The summed E-state index contributed by atoms with van der Waals surface area (Å²) in [6.07, 6.45) is 0. The summed E-state index contributed by atoms with van der Waals surface area (Å²) in [6, 6.07) is 7.57. The van der Waals surface area contributed by atoms with Gasteiger partial charge in [-0.1, -0.05) is 11.6 Å². The van der Waals surface area contributed by atoms with E-state index in [1.165, 1.54) is 37.3 Å². The van der Waals surface area contributed by atoms with Crippen molar-refractivity contribution in [1.29, 1.82) is 0 Å². The Morgan fingerprint density at radius 3 is 2.00 bits per heavy atom. The Kier molecular flexibility index (Phi) is 4.22. The molecule has 0 radical (unpaired) electrons. The Balaban J connectivity index is 2.60. The minimum Gasteiger partial charge on any atom is -0.397 e. The molecule has 0 saturated carbocycles. The minimum atomic E-state index is -3.90. The van der Waals surface area contributed by atoms with E-state index >= 15 is 0 Å². The van der Waals surface area contributed by atoms with Crippen LogP contribution in [-0.2, 0) is 19.9 Å². The van der Waals surface area contributed by atoms with Crippen LogP contribution in [0.5, 0.6) is 0 Å². The molecular weight excluding hydrogens is 348 g/mol. The van der Waals surface area contributed by atoms with Crippen LogP contribution in [0.2, 0.25) is 5.02 Å². The van der Waals surface area contributed by atoms with E-state index in [0.717, 1.165) is 6.07 Å². The molecule has 0 atom stereocenters. The van der Waals surface area contributed by atoms with Crippen molar-refractivity contribution in [3.05, 3.63) is 47.0 Å². The zero-order chi connectivity index (χ0) is 16.7. The first kappa shape index (κ1) is 16.8. The Bertz CT molecular complexity index is 954. The number of rotatable bonds is 3. The van der Waals surface area contributed by atoms with Gasteiger partial charge in [0.1, 0.15) is 0 Å². The van der Waals surface area contributed by atoms with Crippen LogP contribution in [0.15, 0.2) is 51.1 Å². The number of nitrogen functional groups attached to an aromatic ring is 1. The van der Waals surface area contributed by atoms with E-state index in [4.69, 9.17) is 22.5 Å². The van der Waals surface area contributed by atoms with Crippen LogP contribution in [0.3, 0.4) is 0 Å². The van der Waals surface area contributed by atoms with E-state index in [9.17, 15) is 16.8 Å². The van der Waals surface area contributed by atoms with Crippen LogP contribution in [-0.4, -0.2) is 16.8 Å². The summed E-state index contributed by atoms with van der Waals surface area (Å²) in [5, 5.41) is 5.31. The van der Waals surface area contributed by atoms with Gasteiger partial charge in [0, 0.05) is 0 Å². The molecule has 118 valence electrons. The van der Waals surface area contributed by atoms with Gasteiger partial charge in [-0.3, -0.25) is 0 Å². The highest BCUT2D eigenvalue weighted by molar-refractivity contribution is 7.91. The van der Waals surface area contributed by atoms with E-state index in [1.54, 1.807) is 0 Å². The second-order valence-corrected chi connectivity index (χ2v) is 8.55. The third-order valence-electron chi connectivity index (χ3n) is 3.04. The lowest BCUT2D eigenvalue weighted by molar-refractivity contribution is 0.592. The normalized spacial score (nSPS) is 12.3. The van der Waals surface area contributed by atoms with Gasteiger partial charge in [0.2, 0.25) is 19.9 Å². The Hall–Kier alpha value is -1.61. The molecule has 0 unspecified atom stereocenters. The highest BCUT2D eigenvalue weighted by Crippen LogP contribution is 2.28. The van der Waals surface area contributed by atoms with Gasteiger partial charge in [-0.05, 0) is 48.9 Å². The van der Waals surface area contributed by atoms with Crippen LogP contribution in [0.1, 0.15) is 5.56 Å². The molecule has 4 N–H and O–H groups in total. The zero-order valence-electron chi connectivity index (χ0n) is 11.4. The average molecular weight is 361 g/mol. The van der Waals surface area contributed by atoms with Gasteiger partial charge in [-0.15, -0.1) is 0 Å². The third-order valence-corrected chi connectivity index (χ3v) is 6.21. The molecule has 0 aromatic heterocycles. The number of hydrogen-bond acceptors (Lipinski definition) is 5. The van der Waals surface area contributed by atoms with Gasteiger partial charge in [0.05, 0.1) is 25.4 Å². The molecule has 0 aliphatic heterocycles. The Morgan fingerprint density at radius 1 is 0.955 bits per heavy atom. The molecule has 0 heterocycles. The molecule has 0 amide bonds. The summed E-state index contributed by atoms with van der Waals surface area (Å²) in [5.41, 5.74) is 5.99. The van der Waals surface area contributed by atoms with Crippen LogP contribution < -0.4 is 10.9 Å². The van der Waals surface area contributed by atoms with E-state index in [0.29, 0.717) is 0 Å². The molecule has 2 rings (SSSR count). The highest BCUT2D eigenvalue weighted by Gasteiger charge is 2.21. The van der Waals surface area contributed by atoms with Gasteiger partial charge in [0.15, 0.2) is 0 Å². The van der Waals surface area contributed by atoms with Gasteiger partial charge >= 0.3 is 0 Å². The molecule has 6 nitrogen and oxygen atoms in total. The van der Waals surface area contributed by atoms with Gasteiger partial charge in [0.25, 0.3) is 0 Å². The largest absolute Gasteiger partial charge is 0.397 e. The number of nitrogens with two attached hydrogens (primary N) is 2. The number of primary sulfonamides is 1. The summed E-state index contributed by atoms with van der Waals surface area (Å²) >= 11 is 5.77. The van der Waals surface area contributed by atoms with Crippen LogP contribution in [0, 0.1) is 6.92 Å². The smallest absolute Gasteiger partial charge is 0.238 e. The summed E-state index contributed by atoms with van der Waals surface area (Å²) in [4.78, 5) is -0.210. The Morgan fingerprint density at radius 2 is 1.50 bits per heavy atom. The SMILES string of the molecule is Cc1cc(S(=O)(=O)c2ccc(Cl)c(N)c2)ccc1S(N)(=O)=O. The molecule has 0 fully saturated rings. The van der Waals surface area contributed by atoms with E-state index in [1.807, 2.05) is 0 Å². The predicted molar refractivity (Wildman–Crippen MR) is 83.9 cm³/mol. The van der Waals surface area contributed by atoms with Crippen LogP contribution >= 0.6 is 11.6 Å². The molecule has 2 aromatic rings. The van der Waals surface area contributed by atoms with Crippen LogP contribution in [0.4, 0.5) is 5.69 Å². The standard InChI is InChI=1S/C13H13ClN2O4S2/c1-8-6-9(3-5-13(8)22(16,19)20)21(17,18)10-2-4-11(14)12(15)7-10/h2-7H,15H2,1H3,(H2,16,19,20). The maximum atomic E-state index is 12.5. The molecule has 0 spiro atoms. The van der Waals surface area contributed by atoms with Crippen molar-refractivity contribution in [2.24, 2.45) is 5.14 Å². The maximum Gasteiger partial charge on any atom is 0.238 e. The van der Waals surface area contributed by atoms with Crippen molar-refractivity contribution >= 4 is 37.1 Å². The summed E-state index contributed by atoms with van der Waals surface area (Å²) in [6.45, 7) is 1.47. The first-order valence-electron chi connectivity index (χ1n) is 5.97. The third kappa shape index (κ3) is 3.09. The van der Waals surface area contributed by atoms with E-state index in [-0.39, 0.29) is 31.0 Å². The number of anilines is 1. The predicted octanol–water partition coefficient (Wildman–Crippen LogP) is 1.71. The van der Waals surface area contributed by atoms with Crippen molar-refractivity contribution in [2.45, 2.75) is 21.6 Å². The zero-order valence-corrected chi connectivity index (χ0v) is 13.8. The Labute approximate surface area is 133 Å². The quantitative estimate of drug-likeness (QED) is 0.807. The lowest BCUT2D eigenvalue weighted by Gasteiger charge is -2.09. The first-order valence-corrected chi connectivity index (χ1v) is 9.38. The average Bonchev–Trinajstić information content (AvgIpc) is 2.40. The van der Waals surface area contributed by atoms with Gasteiger partial charge < -0.3 is 5.73 Å². The number of aryl methyl sites for hydroxylation is 1. The lowest BCUT2D eigenvalue weighted by atomic mass is 10.2. The van der Waals surface area contributed by atoms with Crippen LogP contribution in [0.25, 0.3) is 0 Å². The van der Waals surface area contributed by atoms with Crippen molar-refractivity contribution in [2.75, 3.05) is 5.73 Å². The number of benzene rings is 2. The highest BCUT2D eigenvalue weighted by atomic mass is 35.5. The monoisotopic (exact) mass is 360 g/mol. The number of hydrogen-bond donors (Lipinski definition) is 2. The molecule has 2 aromatic carbocycles. The first-order chi connectivity index (χ1) is 10.0. The van der Waals surface area contributed by atoms with Gasteiger partial charge in [-0.2, -0.15) is 0 Å². The van der Waals surface area contributed by atoms with Crippen molar-refractivity contribution in [3.63, 3.8) is 0 Å². The number of halogens is 1. The summed E-state index contributed by atoms with van der Waals surface area (Å²) in [7, 11) is -7.74. The van der Waals surface area contributed by atoms with Gasteiger partial charge in [-0.25, -0.2) is 22.0 Å². The second kappa shape index (κ2) is 5.54. The molecule has 22 heavy (non-hydrogen) atoms. The lowest BCUT2D eigenvalue weighted by Crippen LogP contribution is -2.14. The molecule has 0 bridgehead atoms. The van der Waals surface area contributed by atoms with E-state index in [2.05, 4.69) is 0 Å².